The van der Waals surface area contributed by atoms with Crippen molar-refractivity contribution in [1.29, 1.82) is 0 Å². The standard InChI is InChI=1S/C38H41O7P/c1-42-25-46(26-43-2,27-44-3,36-7-5-4-6-8-36)45-35-23-15-31(16-24-35)38(30-13-21-34(41)22-14-30)37(28-9-17-32(39)18-10-28)29-11-19-33(40)20-12-29/h4-24,37-41H,25-27H2,1-3H3. The normalized spacial score (nSPS) is 13.2. The van der Waals surface area contributed by atoms with Crippen molar-refractivity contribution in [3.63, 3.8) is 0 Å². The first-order valence-electron chi connectivity index (χ1n) is 15.0. The van der Waals surface area contributed by atoms with Crippen molar-refractivity contribution in [3.05, 3.63) is 150 Å². The number of phenolic OH excluding ortho intramolecular Hbond substituents is 3. The van der Waals surface area contributed by atoms with Gasteiger partial charge in [0.15, 0.2) is 0 Å². The second-order valence-corrected chi connectivity index (χ2v) is 16.3. The van der Waals surface area contributed by atoms with Gasteiger partial charge in [0.25, 0.3) is 0 Å². The topological polar surface area (TPSA) is 97.6 Å². The molecule has 0 saturated carbocycles. The van der Waals surface area contributed by atoms with E-state index < -0.39 is 6.83 Å². The van der Waals surface area contributed by atoms with Crippen molar-refractivity contribution >= 4 is 12.1 Å². The predicted octanol–water partition coefficient (Wildman–Crippen LogP) is 7.75. The van der Waals surface area contributed by atoms with Crippen molar-refractivity contribution < 1.29 is 34.1 Å². The molecule has 0 saturated heterocycles. The van der Waals surface area contributed by atoms with Gasteiger partial charge in [-0.2, -0.15) is 0 Å². The Bertz CT molecular complexity index is 1610. The van der Waals surface area contributed by atoms with E-state index >= 15 is 0 Å². The maximum absolute atomic E-state index is 10.1. The molecule has 0 aromatic heterocycles. The Hall–Kier alpha value is -4.39. The first kappa shape index (κ1) is 33.0. The monoisotopic (exact) mass is 640 g/mol. The Labute approximate surface area is 270 Å². The van der Waals surface area contributed by atoms with Gasteiger partial charge in [0, 0.05) is 0 Å². The van der Waals surface area contributed by atoms with Gasteiger partial charge in [-0.1, -0.05) is 0 Å². The molecule has 0 fully saturated rings. The van der Waals surface area contributed by atoms with Gasteiger partial charge in [0.05, 0.1) is 0 Å². The fraction of sp³-hybridized carbons (Fsp3) is 0.211. The van der Waals surface area contributed by atoms with Crippen molar-refractivity contribution in [2.75, 3.05) is 40.4 Å². The summed E-state index contributed by atoms with van der Waals surface area (Å²) >= 11 is 0. The summed E-state index contributed by atoms with van der Waals surface area (Å²) in [5, 5.41) is 31.3. The number of ether oxygens (including phenoxy) is 3. The second kappa shape index (κ2) is 14.4. The fourth-order valence-corrected chi connectivity index (χ4v) is 10.7. The third-order valence-electron chi connectivity index (χ3n) is 8.37. The Morgan fingerprint density at radius 1 is 0.457 bits per heavy atom. The maximum atomic E-state index is 10.1. The van der Waals surface area contributed by atoms with Gasteiger partial charge in [-0.3, -0.25) is 0 Å². The number of hydrogen-bond donors (Lipinski definition) is 3. The molecule has 0 amide bonds. The van der Waals surface area contributed by atoms with Crippen molar-refractivity contribution in [1.82, 2.24) is 0 Å². The van der Waals surface area contributed by atoms with Crippen LogP contribution in [-0.4, -0.2) is 55.7 Å². The third-order valence-corrected chi connectivity index (χ3v) is 13.2. The van der Waals surface area contributed by atoms with Gasteiger partial charge in [0.1, 0.15) is 0 Å². The molecule has 5 rings (SSSR count). The number of benzene rings is 5. The van der Waals surface area contributed by atoms with E-state index in [4.69, 9.17) is 18.7 Å². The number of methoxy groups -OCH3 is 3. The molecule has 0 spiro atoms. The molecule has 5 aromatic rings. The molecule has 0 aliphatic carbocycles. The molecule has 0 aliphatic heterocycles. The summed E-state index contributed by atoms with van der Waals surface area (Å²) in [6, 6.07) is 39.7. The molecular formula is C38H41O7P. The Balaban J connectivity index is 1.64. The molecule has 0 bridgehead atoms. The van der Waals surface area contributed by atoms with E-state index in [2.05, 4.69) is 12.1 Å². The van der Waals surface area contributed by atoms with E-state index in [-0.39, 0.29) is 29.1 Å². The van der Waals surface area contributed by atoms with E-state index in [9.17, 15) is 15.3 Å². The van der Waals surface area contributed by atoms with Crippen LogP contribution in [0.25, 0.3) is 0 Å². The van der Waals surface area contributed by atoms with E-state index in [1.54, 1.807) is 57.7 Å². The quantitative estimate of drug-likeness (QED) is 0.107. The second-order valence-electron chi connectivity index (χ2n) is 11.6. The number of hydrogen-bond acceptors (Lipinski definition) is 7. The zero-order chi connectivity index (χ0) is 32.6. The fourth-order valence-electron chi connectivity index (χ4n) is 6.38. The summed E-state index contributed by atoms with van der Waals surface area (Å²) in [4.78, 5) is 0. The molecule has 1 unspecified atom stereocenters. The van der Waals surface area contributed by atoms with Crippen molar-refractivity contribution in [3.8, 4) is 23.0 Å². The summed E-state index contributed by atoms with van der Waals surface area (Å²) in [7, 11) is 4.99. The van der Waals surface area contributed by atoms with Crippen LogP contribution >= 0.6 is 6.83 Å². The van der Waals surface area contributed by atoms with Crippen LogP contribution in [0.5, 0.6) is 23.0 Å². The van der Waals surface area contributed by atoms with Crippen LogP contribution in [0.15, 0.2) is 127 Å². The zero-order valence-electron chi connectivity index (χ0n) is 26.3. The summed E-state index contributed by atoms with van der Waals surface area (Å²) in [5.74, 6) is 0.796. The SMILES string of the molecule is COCP(COC)(COC)(Oc1ccc(C(c2ccc(O)cc2)C(c2ccc(O)cc2)c2ccc(O)cc2)cc1)c1ccccc1. The third kappa shape index (κ3) is 6.88. The van der Waals surface area contributed by atoms with Crippen LogP contribution in [0.1, 0.15) is 34.1 Å². The molecule has 0 radical (unpaired) electrons. The molecule has 240 valence electrons. The first-order chi connectivity index (χ1) is 22.3. The van der Waals surface area contributed by atoms with Crippen LogP contribution in [0, 0.1) is 0 Å². The minimum atomic E-state index is -3.47. The molecular weight excluding hydrogens is 599 g/mol. The molecule has 7 nitrogen and oxygen atoms in total. The molecule has 1 atom stereocenters. The number of phenols is 3. The average Bonchev–Trinajstić information content (AvgIpc) is 3.07. The average molecular weight is 641 g/mol. The Kier molecular flexibility index (Phi) is 10.3. The van der Waals surface area contributed by atoms with Crippen molar-refractivity contribution in [2.24, 2.45) is 0 Å². The zero-order valence-corrected chi connectivity index (χ0v) is 27.2. The Morgan fingerprint density at radius 2 is 0.783 bits per heavy atom. The van der Waals surface area contributed by atoms with Crippen molar-refractivity contribution in [2.45, 2.75) is 11.8 Å². The summed E-state index contributed by atoms with van der Waals surface area (Å²) < 4.78 is 24.6. The van der Waals surface area contributed by atoms with Gasteiger partial charge < -0.3 is 0 Å². The molecule has 5 aromatic carbocycles. The molecule has 0 heterocycles. The first-order valence-corrected chi connectivity index (χ1v) is 17.7. The van der Waals surface area contributed by atoms with Crippen LogP contribution in [0.2, 0.25) is 0 Å². The van der Waals surface area contributed by atoms with E-state index in [1.807, 2.05) is 78.9 Å². The van der Waals surface area contributed by atoms with Gasteiger partial charge in [0.2, 0.25) is 0 Å². The van der Waals surface area contributed by atoms with Crippen LogP contribution < -0.4 is 9.83 Å². The van der Waals surface area contributed by atoms with E-state index in [0.717, 1.165) is 27.6 Å². The Morgan fingerprint density at radius 3 is 1.11 bits per heavy atom. The van der Waals surface area contributed by atoms with Gasteiger partial charge in [-0.05, 0) is 0 Å². The molecule has 46 heavy (non-hydrogen) atoms. The number of aromatic hydroxyl groups is 3. The summed E-state index contributed by atoms with van der Waals surface area (Å²) in [6.45, 7) is -3.47. The van der Waals surface area contributed by atoms with Gasteiger partial charge in [-0.25, -0.2) is 0 Å². The summed E-state index contributed by atoms with van der Waals surface area (Å²) in [5.41, 5.74) is 3.96. The minimum absolute atomic E-state index is 0.179. The number of rotatable bonds is 14. The van der Waals surface area contributed by atoms with Gasteiger partial charge >= 0.3 is 271 Å². The van der Waals surface area contributed by atoms with Crippen LogP contribution in [0.3, 0.4) is 0 Å². The van der Waals surface area contributed by atoms with E-state index in [1.165, 1.54) is 0 Å². The van der Waals surface area contributed by atoms with E-state index in [0.29, 0.717) is 24.8 Å². The van der Waals surface area contributed by atoms with Gasteiger partial charge in [-0.15, -0.1) is 0 Å². The van der Waals surface area contributed by atoms with Crippen LogP contribution in [0.4, 0.5) is 0 Å². The molecule has 0 aliphatic rings. The molecule has 3 N–H and O–H groups in total. The summed E-state index contributed by atoms with van der Waals surface area (Å²) in [6.07, 6.45) is 0.914. The predicted molar refractivity (Wildman–Crippen MR) is 184 cm³/mol. The molecule has 8 heteroatoms. The van der Waals surface area contributed by atoms with Crippen LogP contribution in [-0.2, 0) is 14.2 Å².